The van der Waals surface area contributed by atoms with E-state index < -0.39 is 0 Å². The van der Waals surface area contributed by atoms with Crippen LogP contribution >= 0.6 is 0 Å². The molecule has 3 nitrogen and oxygen atoms in total. The van der Waals surface area contributed by atoms with Crippen molar-refractivity contribution in [1.29, 1.82) is 0 Å². The Bertz CT molecular complexity index is 663. The average molecular weight is 337 g/mol. The molecule has 1 aliphatic heterocycles. The summed E-state index contributed by atoms with van der Waals surface area (Å²) in [6.07, 6.45) is 7.01. The number of ether oxygens (including phenoxy) is 1. The van der Waals surface area contributed by atoms with E-state index in [0.717, 1.165) is 23.8 Å². The van der Waals surface area contributed by atoms with Crippen molar-refractivity contribution in [3.63, 3.8) is 0 Å². The number of carbonyl (C=O) groups excluding carboxylic acids is 1. The van der Waals surface area contributed by atoms with E-state index >= 15 is 0 Å². The fourth-order valence-electron chi connectivity index (χ4n) is 3.45. The molecule has 0 unspecified atom stereocenters. The van der Waals surface area contributed by atoms with Crippen LogP contribution in [-0.4, -0.2) is 37.4 Å². The fourth-order valence-corrected chi connectivity index (χ4v) is 3.45. The van der Waals surface area contributed by atoms with Gasteiger partial charge in [-0.25, -0.2) is 0 Å². The van der Waals surface area contributed by atoms with Crippen molar-refractivity contribution < 1.29 is 9.53 Å². The second-order valence-corrected chi connectivity index (χ2v) is 6.67. The van der Waals surface area contributed by atoms with Gasteiger partial charge in [0.1, 0.15) is 5.75 Å². The molecule has 25 heavy (non-hydrogen) atoms. The van der Waals surface area contributed by atoms with Crippen LogP contribution < -0.4 is 4.74 Å². The zero-order valence-electron chi connectivity index (χ0n) is 14.8. The van der Waals surface area contributed by atoms with Crippen LogP contribution in [0.3, 0.4) is 0 Å². The molecule has 132 valence electrons. The van der Waals surface area contributed by atoms with E-state index in [1.54, 1.807) is 0 Å². The van der Waals surface area contributed by atoms with Crippen molar-refractivity contribution in [2.24, 2.45) is 0 Å². The van der Waals surface area contributed by atoms with Crippen molar-refractivity contribution in [2.75, 3.05) is 26.2 Å². The van der Waals surface area contributed by atoms with Crippen molar-refractivity contribution in [1.82, 2.24) is 4.90 Å². The molecule has 1 heterocycles. The molecule has 0 atom stereocenters. The summed E-state index contributed by atoms with van der Waals surface area (Å²) < 4.78 is 6.04. The predicted octanol–water partition coefficient (Wildman–Crippen LogP) is 4.81. The van der Waals surface area contributed by atoms with E-state index in [4.69, 9.17) is 4.74 Å². The maximum absolute atomic E-state index is 11.4. The molecule has 0 radical (unpaired) electrons. The van der Waals surface area contributed by atoms with Crippen LogP contribution in [0.1, 0.15) is 42.5 Å². The van der Waals surface area contributed by atoms with Crippen molar-refractivity contribution in [2.45, 2.75) is 32.1 Å². The third-order valence-electron chi connectivity index (χ3n) is 4.82. The molecule has 0 N–H and O–H groups in total. The van der Waals surface area contributed by atoms with Crippen LogP contribution in [0.5, 0.6) is 5.75 Å². The first-order chi connectivity index (χ1) is 12.4. The highest BCUT2D eigenvalue weighted by Gasteiger charge is 2.12. The lowest BCUT2D eigenvalue weighted by molar-refractivity contribution is 0.111. The number of unbranched alkanes of at least 4 members (excludes halogenated alkanes) is 2. The van der Waals surface area contributed by atoms with Crippen molar-refractivity contribution >= 4 is 6.29 Å². The average Bonchev–Trinajstić information content (AvgIpc) is 3.18. The van der Waals surface area contributed by atoms with Gasteiger partial charge in [0.2, 0.25) is 0 Å². The molecule has 1 aliphatic rings. The lowest BCUT2D eigenvalue weighted by atomic mass is 10.0. The van der Waals surface area contributed by atoms with Gasteiger partial charge in [-0.15, -0.1) is 0 Å². The molecule has 0 aliphatic carbocycles. The smallest absolute Gasteiger partial charge is 0.153 e. The monoisotopic (exact) mass is 337 g/mol. The molecular weight excluding hydrogens is 310 g/mol. The summed E-state index contributed by atoms with van der Waals surface area (Å²) in [5.74, 6) is 0.711. The van der Waals surface area contributed by atoms with Gasteiger partial charge in [-0.05, 0) is 63.4 Å². The van der Waals surface area contributed by atoms with E-state index in [-0.39, 0.29) is 0 Å². The number of nitrogens with zero attached hydrogens (tertiary/aromatic N) is 1. The second kappa shape index (κ2) is 9.38. The molecule has 3 heteroatoms. The summed E-state index contributed by atoms with van der Waals surface area (Å²) in [6, 6.07) is 15.9. The molecule has 0 saturated carbocycles. The highest BCUT2D eigenvalue weighted by molar-refractivity contribution is 5.86. The summed E-state index contributed by atoms with van der Waals surface area (Å²) in [4.78, 5) is 14.0. The third-order valence-corrected chi connectivity index (χ3v) is 4.82. The van der Waals surface area contributed by atoms with Gasteiger partial charge in [-0.2, -0.15) is 0 Å². The Balaban J connectivity index is 1.55. The first-order valence-electron chi connectivity index (χ1n) is 9.37. The molecule has 0 bridgehead atoms. The largest absolute Gasteiger partial charge is 0.492 e. The highest BCUT2D eigenvalue weighted by Crippen LogP contribution is 2.32. The quantitative estimate of drug-likeness (QED) is 0.486. The van der Waals surface area contributed by atoms with Crippen LogP contribution in [0.25, 0.3) is 11.1 Å². The molecule has 0 amide bonds. The summed E-state index contributed by atoms with van der Waals surface area (Å²) in [5, 5.41) is 0. The molecule has 1 saturated heterocycles. The summed E-state index contributed by atoms with van der Waals surface area (Å²) >= 11 is 0. The van der Waals surface area contributed by atoms with Crippen LogP contribution in [0.4, 0.5) is 0 Å². The van der Waals surface area contributed by atoms with Gasteiger partial charge < -0.3 is 9.64 Å². The highest BCUT2D eigenvalue weighted by atomic mass is 16.5. The number of hydrogen-bond donors (Lipinski definition) is 0. The maximum atomic E-state index is 11.4. The van der Waals surface area contributed by atoms with E-state index in [2.05, 4.69) is 4.90 Å². The van der Waals surface area contributed by atoms with Crippen molar-refractivity contribution in [3.05, 3.63) is 54.1 Å². The standard InChI is InChI=1S/C22H27NO2/c24-18-20-12-9-13-21(19-10-3-1-4-11-19)22(20)25-17-8-2-5-14-23-15-6-7-16-23/h1,3-4,9-13,18H,2,5-8,14-17H2. The molecule has 2 aromatic carbocycles. The second-order valence-electron chi connectivity index (χ2n) is 6.67. The molecule has 0 aromatic heterocycles. The Kier molecular flexibility index (Phi) is 6.63. The SMILES string of the molecule is O=Cc1cccc(-c2ccccc2)c1OCCCCCN1CCCC1. The van der Waals surface area contributed by atoms with Crippen LogP contribution in [0, 0.1) is 0 Å². The van der Waals surface area contributed by atoms with E-state index in [1.807, 2.05) is 48.5 Å². The zero-order chi connectivity index (χ0) is 17.3. The lowest BCUT2D eigenvalue weighted by Gasteiger charge is -2.15. The Labute approximate surface area is 150 Å². The first-order valence-corrected chi connectivity index (χ1v) is 9.37. The normalized spacial score (nSPS) is 14.6. The minimum Gasteiger partial charge on any atom is -0.492 e. The summed E-state index contributed by atoms with van der Waals surface area (Å²) in [7, 11) is 0. The number of likely N-dealkylation sites (tertiary alicyclic amines) is 1. The van der Waals surface area contributed by atoms with Gasteiger partial charge >= 0.3 is 0 Å². The number of carbonyl (C=O) groups is 1. The Morgan fingerprint density at radius 3 is 2.48 bits per heavy atom. The minimum absolute atomic E-state index is 0.624. The van der Waals surface area contributed by atoms with Gasteiger partial charge in [0, 0.05) is 5.56 Å². The molecule has 3 rings (SSSR count). The molecule has 2 aromatic rings. The van der Waals surface area contributed by atoms with Gasteiger partial charge in [0.25, 0.3) is 0 Å². The summed E-state index contributed by atoms with van der Waals surface area (Å²) in [5.41, 5.74) is 2.69. The number of benzene rings is 2. The number of hydrogen-bond acceptors (Lipinski definition) is 3. The van der Waals surface area contributed by atoms with Crippen LogP contribution in [0.15, 0.2) is 48.5 Å². The molecular formula is C22H27NO2. The van der Waals surface area contributed by atoms with Crippen LogP contribution in [0.2, 0.25) is 0 Å². The molecule has 1 fully saturated rings. The van der Waals surface area contributed by atoms with E-state index in [9.17, 15) is 4.79 Å². The summed E-state index contributed by atoms with van der Waals surface area (Å²) in [6.45, 7) is 4.40. The van der Waals surface area contributed by atoms with Gasteiger partial charge in [-0.3, -0.25) is 4.79 Å². The minimum atomic E-state index is 0.624. The van der Waals surface area contributed by atoms with E-state index in [0.29, 0.717) is 17.9 Å². The van der Waals surface area contributed by atoms with Gasteiger partial charge in [0.15, 0.2) is 6.29 Å². The predicted molar refractivity (Wildman–Crippen MR) is 102 cm³/mol. The maximum Gasteiger partial charge on any atom is 0.153 e. The third kappa shape index (κ3) is 4.93. The number of para-hydroxylation sites is 1. The van der Waals surface area contributed by atoms with Crippen molar-refractivity contribution in [3.8, 4) is 16.9 Å². The zero-order valence-corrected chi connectivity index (χ0v) is 14.8. The lowest BCUT2D eigenvalue weighted by Crippen LogP contribution is -2.20. The first kappa shape index (κ1) is 17.7. The van der Waals surface area contributed by atoms with E-state index in [1.165, 1.54) is 45.3 Å². The number of aldehydes is 1. The topological polar surface area (TPSA) is 29.5 Å². The molecule has 0 spiro atoms. The van der Waals surface area contributed by atoms with Crippen LogP contribution in [-0.2, 0) is 0 Å². The Morgan fingerprint density at radius 2 is 1.72 bits per heavy atom. The van der Waals surface area contributed by atoms with Gasteiger partial charge in [0.05, 0.1) is 12.2 Å². The Morgan fingerprint density at radius 1 is 0.920 bits per heavy atom. The fraction of sp³-hybridized carbons (Fsp3) is 0.409. The Hall–Kier alpha value is -2.13. The van der Waals surface area contributed by atoms with Gasteiger partial charge in [-0.1, -0.05) is 42.5 Å². The number of rotatable bonds is 9.